The first-order chi connectivity index (χ1) is 8.42. The lowest BCUT2D eigenvalue weighted by atomic mass is 10.2. The largest absolute Gasteiger partial charge is 0.257 e. The van der Waals surface area contributed by atoms with Crippen LogP contribution in [0.5, 0.6) is 0 Å². The Labute approximate surface area is 98.3 Å². The van der Waals surface area contributed by atoms with Gasteiger partial charge >= 0.3 is 0 Å². The topological polar surface area (TPSA) is 43.1 Å². The fourth-order valence-corrected chi connectivity index (χ4v) is 1.59. The van der Waals surface area contributed by atoms with Crippen LogP contribution in [-0.4, -0.2) is 19.6 Å². The van der Waals surface area contributed by atoms with Gasteiger partial charge in [-0.3, -0.25) is 4.98 Å². The van der Waals surface area contributed by atoms with Gasteiger partial charge in [-0.25, -0.2) is 9.50 Å². The number of rotatable bonds is 2. The summed E-state index contributed by atoms with van der Waals surface area (Å²) in [4.78, 5) is 8.36. The fourth-order valence-electron chi connectivity index (χ4n) is 1.59. The van der Waals surface area contributed by atoms with Crippen molar-refractivity contribution in [1.82, 2.24) is 19.6 Å². The van der Waals surface area contributed by atoms with Gasteiger partial charge < -0.3 is 0 Å². The Balaban J connectivity index is 1.92. The zero-order valence-corrected chi connectivity index (χ0v) is 9.06. The van der Waals surface area contributed by atoms with Gasteiger partial charge in [0.2, 0.25) is 0 Å². The molecule has 0 unspecified atom stereocenters. The number of nitrogens with zero attached hydrogens (tertiary/aromatic N) is 4. The summed E-state index contributed by atoms with van der Waals surface area (Å²) in [6, 6.07) is 9.80. The number of hydrogen-bond acceptors (Lipinski definition) is 3. The van der Waals surface area contributed by atoms with Crippen LogP contribution in [0.1, 0.15) is 11.3 Å². The highest BCUT2D eigenvalue weighted by molar-refractivity contribution is 5.69. The van der Waals surface area contributed by atoms with Gasteiger partial charge in [0.1, 0.15) is 6.33 Å². The van der Waals surface area contributed by atoms with E-state index in [4.69, 9.17) is 0 Å². The van der Waals surface area contributed by atoms with E-state index in [0.717, 1.165) is 16.9 Å². The maximum absolute atomic E-state index is 4.23. The monoisotopic (exact) mass is 222 g/mol. The molecule has 0 aromatic carbocycles. The van der Waals surface area contributed by atoms with E-state index in [9.17, 15) is 0 Å². The second-order valence-electron chi connectivity index (χ2n) is 3.61. The predicted octanol–water partition coefficient (Wildman–Crippen LogP) is 2.29. The minimum absolute atomic E-state index is 0.841. The third kappa shape index (κ3) is 2.06. The van der Waals surface area contributed by atoms with E-state index in [1.54, 1.807) is 17.0 Å². The van der Waals surface area contributed by atoms with Gasteiger partial charge in [0.15, 0.2) is 5.65 Å². The molecule has 0 spiro atoms. The van der Waals surface area contributed by atoms with E-state index in [0.29, 0.717) is 0 Å². The molecule has 17 heavy (non-hydrogen) atoms. The van der Waals surface area contributed by atoms with Crippen LogP contribution < -0.4 is 0 Å². The number of fused-ring (bicyclic) bond motifs is 1. The molecule has 0 amide bonds. The molecule has 0 saturated carbocycles. The maximum Gasteiger partial charge on any atom is 0.155 e. The Morgan fingerprint density at radius 1 is 1.06 bits per heavy atom. The highest BCUT2D eigenvalue weighted by atomic mass is 15.3. The van der Waals surface area contributed by atoms with Crippen molar-refractivity contribution in [2.75, 3.05) is 0 Å². The van der Waals surface area contributed by atoms with E-state index in [1.165, 1.54) is 0 Å². The van der Waals surface area contributed by atoms with Crippen LogP contribution in [0.2, 0.25) is 0 Å². The molecule has 0 bridgehead atoms. The molecule has 82 valence electrons. The standard InChI is InChI=1S/C13H10N4/c1-2-7-14-12(3-1)5-4-11-6-8-17-13(9-11)15-10-16-17/h1-10H. The van der Waals surface area contributed by atoms with Crippen molar-refractivity contribution in [2.24, 2.45) is 0 Å². The van der Waals surface area contributed by atoms with E-state index in [1.807, 2.05) is 48.7 Å². The van der Waals surface area contributed by atoms with E-state index < -0.39 is 0 Å². The molecular weight excluding hydrogens is 212 g/mol. The molecule has 0 N–H and O–H groups in total. The molecule has 3 rings (SSSR count). The van der Waals surface area contributed by atoms with Gasteiger partial charge in [0.25, 0.3) is 0 Å². The van der Waals surface area contributed by atoms with Crippen LogP contribution in [-0.2, 0) is 0 Å². The van der Waals surface area contributed by atoms with Gasteiger partial charge in [0.05, 0.1) is 5.69 Å². The van der Waals surface area contributed by atoms with Crippen molar-refractivity contribution in [1.29, 1.82) is 0 Å². The molecule has 4 heteroatoms. The minimum atomic E-state index is 0.841. The van der Waals surface area contributed by atoms with E-state index in [-0.39, 0.29) is 0 Å². The van der Waals surface area contributed by atoms with Crippen molar-refractivity contribution >= 4 is 17.8 Å². The molecular formula is C13H10N4. The SMILES string of the molecule is C(=Cc1ccccn1)c1ccn2ncnc2c1. The second-order valence-corrected chi connectivity index (χ2v) is 3.61. The quantitative estimate of drug-likeness (QED) is 0.668. The first-order valence-corrected chi connectivity index (χ1v) is 5.30. The van der Waals surface area contributed by atoms with Crippen LogP contribution in [0, 0.1) is 0 Å². The Morgan fingerprint density at radius 2 is 2.06 bits per heavy atom. The smallest absolute Gasteiger partial charge is 0.155 e. The molecule has 0 radical (unpaired) electrons. The molecule has 3 aromatic heterocycles. The third-order valence-electron chi connectivity index (χ3n) is 2.44. The molecule has 3 heterocycles. The average Bonchev–Trinajstić information content (AvgIpc) is 2.85. The summed E-state index contributed by atoms with van der Waals surface area (Å²) in [5.41, 5.74) is 2.86. The predicted molar refractivity (Wildman–Crippen MR) is 66.2 cm³/mol. The lowest BCUT2D eigenvalue weighted by Gasteiger charge is -1.95. The first kappa shape index (κ1) is 9.72. The van der Waals surface area contributed by atoms with Gasteiger partial charge in [-0.1, -0.05) is 12.1 Å². The van der Waals surface area contributed by atoms with Gasteiger partial charge in [0, 0.05) is 12.4 Å². The molecule has 0 aliphatic carbocycles. The van der Waals surface area contributed by atoms with Crippen molar-refractivity contribution < 1.29 is 0 Å². The molecule has 0 fully saturated rings. The van der Waals surface area contributed by atoms with Gasteiger partial charge in [-0.2, -0.15) is 5.10 Å². The molecule has 0 atom stereocenters. The molecule has 0 aliphatic heterocycles. The number of aromatic nitrogens is 4. The summed E-state index contributed by atoms with van der Waals surface area (Å²) >= 11 is 0. The lowest BCUT2D eigenvalue weighted by Crippen LogP contribution is -1.86. The van der Waals surface area contributed by atoms with Crippen LogP contribution in [0.4, 0.5) is 0 Å². The van der Waals surface area contributed by atoms with Crippen LogP contribution in [0.3, 0.4) is 0 Å². The Kier molecular flexibility index (Phi) is 2.38. The summed E-state index contributed by atoms with van der Waals surface area (Å²) < 4.78 is 1.73. The molecule has 0 aliphatic rings. The fraction of sp³-hybridized carbons (Fsp3) is 0. The summed E-state index contributed by atoms with van der Waals surface area (Å²) in [6.07, 6.45) is 9.20. The molecule has 4 nitrogen and oxygen atoms in total. The van der Waals surface area contributed by atoms with Crippen molar-refractivity contribution in [3.05, 3.63) is 60.3 Å². The van der Waals surface area contributed by atoms with Crippen LogP contribution in [0.25, 0.3) is 17.8 Å². The highest BCUT2D eigenvalue weighted by Gasteiger charge is 1.94. The Hall–Kier alpha value is -2.49. The molecule has 3 aromatic rings. The Morgan fingerprint density at radius 3 is 2.94 bits per heavy atom. The number of pyridine rings is 2. The average molecular weight is 222 g/mol. The maximum atomic E-state index is 4.23. The number of hydrogen-bond donors (Lipinski definition) is 0. The summed E-state index contributed by atoms with van der Waals surface area (Å²) in [5.74, 6) is 0. The van der Waals surface area contributed by atoms with E-state index in [2.05, 4.69) is 15.1 Å². The summed E-state index contributed by atoms with van der Waals surface area (Å²) in [7, 11) is 0. The zero-order valence-electron chi connectivity index (χ0n) is 9.06. The third-order valence-corrected chi connectivity index (χ3v) is 2.44. The zero-order chi connectivity index (χ0) is 11.5. The van der Waals surface area contributed by atoms with Crippen LogP contribution >= 0.6 is 0 Å². The van der Waals surface area contributed by atoms with Crippen molar-refractivity contribution in [3.63, 3.8) is 0 Å². The minimum Gasteiger partial charge on any atom is -0.257 e. The van der Waals surface area contributed by atoms with Crippen LogP contribution in [0.15, 0.2) is 49.1 Å². The Bertz CT molecular complexity index is 655. The van der Waals surface area contributed by atoms with Gasteiger partial charge in [-0.15, -0.1) is 0 Å². The van der Waals surface area contributed by atoms with E-state index >= 15 is 0 Å². The summed E-state index contributed by atoms with van der Waals surface area (Å²) in [6.45, 7) is 0. The second kappa shape index (κ2) is 4.17. The highest BCUT2D eigenvalue weighted by Crippen LogP contribution is 2.08. The van der Waals surface area contributed by atoms with Gasteiger partial charge in [-0.05, 0) is 35.9 Å². The van der Waals surface area contributed by atoms with Crippen molar-refractivity contribution in [3.8, 4) is 0 Å². The lowest BCUT2D eigenvalue weighted by molar-refractivity contribution is 0.960. The first-order valence-electron chi connectivity index (χ1n) is 5.30. The van der Waals surface area contributed by atoms with Crippen molar-refractivity contribution in [2.45, 2.75) is 0 Å². The normalized spacial score (nSPS) is 11.3. The molecule has 0 saturated heterocycles. The summed E-state index contributed by atoms with van der Waals surface area (Å²) in [5, 5.41) is 4.05.